The SMILES string of the molecule is Cn1nnc2cc(C(=O)NC3CCN(c4ccccn4)C3)cnc21. The number of aromatic nitrogens is 5. The molecule has 1 amide bonds. The summed E-state index contributed by atoms with van der Waals surface area (Å²) in [4.78, 5) is 23.2. The van der Waals surface area contributed by atoms with Crippen LogP contribution in [0.5, 0.6) is 0 Å². The van der Waals surface area contributed by atoms with Gasteiger partial charge in [0.15, 0.2) is 5.65 Å². The Morgan fingerprint density at radius 2 is 2.25 bits per heavy atom. The van der Waals surface area contributed by atoms with Gasteiger partial charge in [-0.2, -0.15) is 0 Å². The molecule has 1 aliphatic heterocycles. The lowest BCUT2D eigenvalue weighted by Crippen LogP contribution is -2.37. The van der Waals surface area contributed by atoms with Crippen molar-refractivity contribution in [1.82, 2.24) is 30.3 Å². The van der Waals surface area contributed by atoms with Crippen LogP contribution in [0.3, 0.4) is 0 Å². The molecule has 0 aromatic carbocycles. The number of fused-ring (bicyclic) bond motifs is 1. The summed E-state index contributed by atoms with van der Waals surface area (Å²) in [6, 6.07) is 7.66. The molecule has 8 nitrogen and oxygen atoms in total. The van der Waals surface area contributed by atoms with E-state index in [0.717, 1.165) is 25.3 Å². The summed E-state index contributed by atoms with van der Waals surface area (Å²) >= 11 is 0. The van der Waals surface area contributed by atoms with Crippen molar-refractivity contribution in [2.24, 2.45) is 7.05 Å². The minimum Gasteiger partial charge on any atom is -0.354 e. The number of nitrogens with zero attached hydrogens (tertiary/aromatic N) is 6. The molecule has 4 rings (SSSR count). The van der Waals surface area contributed by atoms with Gasteiger partial charge in [0.1, 0.15) is 11.3 Å². The van der Waals surface area contributed by atoms with Crippen LogP contribution < -0.4 is 10.2 Å². The second-order valence-electron chi connectivity index (χ2n) is 5.87. The topological polar surface area (TPSA) is 88.8 Å². The number of pyridine rings is 2. The Kier molecular flexibility index (Phi) is 3.56. The molecule has 0 radical (unpaired) electrons. The van der Waals surface area contributed by atoms with Gasteiger partial charge in [0.2, 0.25) is 0 Å². The Hall–Kier alpha value is -3.03. The number of nitrogens with one attached hydrogen (secondary N) is 1. The van der Waals surface area contributed by atoms with Crippen LogP contribution in [-0.2, 0) is 7.05 Å². The third-order valence-electron chi connectivity index (χ3n) is 4.20. The third kappa shape index (κ3) is 2.66. The Labute approximate surface area is 138 Å². The fourth-order valence-corrected chi connectivity index (χ4v) is 2.95. The standard InChI is InChI=1S/C16H17N7O/c1-22-15-13(20-21-22)8-11(9-18-15)16(24)19-12-5-7-23(10-12)14-4-2-3-6-17-14/h2-4,6,8-9,12H,5,7,10H2,1H3,(H,19,24). The zero-order chi connectivity index (χ0) is 16.5. The van der Waals surface area contributed by atoms with Gasteiger partial charge < -0.3 is 10.2 Å². The molecule has 0 spiro atoms. The molecule has 3 aromatic heterocycles. The van der Waals surface area contributed by atoms with Crippen molar-refractivity contribution in [1.29, 1.82) is 0 Å². The van der Waals surface area contributed by atoms with E-state index in [0.29, 0.717) is 16.7 Å². The first-order chi connectivity index (χ1) is 11.7. The lowest BCUT2D eigenvalue weighted by Gasteiger charge is -2.17. The number of hydrogen-bond acceptors (Lipinski definition) is 6. The van der Waals surface area contributed by atoms with Crippen LogP contribution in [0.4, 0.5) is 5.82 Å². The van der Waals surface area contributed by atoms with E-state index in [1.54, 1.807) is 30.2 Å². The molecule has 1 fully saturated rings. The molecule has 1 unspecified atom stereocenters. The molecule has 0 bridgehead atoms. The highest BCUT2D eigenvalue weighted by Crippen LogP contribution is 2.18. The van der Waals surface area contributed by atoms with Crippen LogP contribution in [-0.4, -0.2) is 50.0 Å². The van der Waals surface area contributed by atoms with Crippen LogP contribution >= 0.6 is 0 Å². The molecule has 0 aliphatic carbocycles. The number of carbonyl (C=O) groups is 1. The number of anilines is 1. The fourth-order valence-electron chi connectivity index (χ4n) is 2.95. The molecule has 122 valence electrons. The average Bonchev–Trinajstić information content (AvgIpc) is 3.22. The third-order valence-corrected chi connectivity index (χ3v) is 4.20. The maximum absolute atomic E-state index is 12.5. The van der Waals surface area contributed by atoms with Gasteiger partial charge in [0.05, 0.1) is 5.56 Å². The van der Waals surface area contributed by atoms with Gasteiger partial charge in [-0.05, 0) is 24.6 Å². The van der Waals surface area contributed by atoms with E-state index < -0.39 is 0 Å². The zero-order valence-electron chi connectivity index (χ0n) is 13.3. The summed E-state index contributed by atoms with van der Waals surface area (Å²) in [6.45, 7) is 1.63. The summed E-state index contributed by atoms with van der Waals surface area (Å²) in [6.07, 6.45) is 4.23. The van der Waals surface area contributed by atoms with Crippen molar-refractivity contribution in [3.05, 3.63) is 42.2 Å². The molecule has 1 N–H and O–H groups in total. The van der Waals surface area contributed by atoms with E-state index >= 15 is 0 Å². The second kappa shape index (κ2) is 5.88. The van der Waals surface area contributed by atoms with Crippen LogP contribution in [0.15, 0.2) is 36.7 Å². The monoisotopic (exact) mass is 323 g/mol. The number of hydrogen-bond donors (Lipinski definition) is 1. The lowest BCUT2D eigenvalue weighted by molar-refractivity contribution is 0.0940. The first-order valence-electron chi connectivity index (χ1n) is 7.83. The maximum Gasteiger partial charge on any atom is 0.253 e. The largest absolute Gasteiger partial charge is 0.354 e. The maximum atomic E-state index is 12.5. The number of carbonyl (C=O) groups excluding carboxylic acids is 1. The van der Waals surface area contributed by atoms with Gasteiger partial charge in [0.25, 0.3) is 5.91 Å². The summed E-state index contributed by atoms with van der Waals surface area (Å²) in [7, 11) is 1.77. The highest BCUT2D eigenvalue weighted by atomic mass is 16.1. The minimum absolute atomic E-state index is 0.0945. The Balaban J connectivity index is 1.44. The van der Waals surface area contributed by atoms with Crippen LogP contribution in [0.25, 0.3) is 11.2 Å². The molecule has 1 atom stereocenters. The Bertz CT molecular complexity index is 877. The average molecular weight is 323 g/mol. The van der Waals surface area contributed by atoms with Gasteiger partial charge in [-0.25, -0.2) is 14.6 Å². The normalized spacial score (nSPS) is 17.4. The van der Waals surface area contributed by atoms with Crippen molar-refractivity contribution in [2.45, 2.75) is 12.5 Å². The molecule has 1 aliphatic rings. The van der Waals surface area contributed by atoms with E-state index in [9.17, 15) is 4.79 Å². The molecule has 0 saturated carbocycles. The summed E-state index contributed by atoms with van der Waals surface area (Å²) < 4.78 is 1.58. The molecule has 24 heavy (non-hydrogen) atoms. The summed E-state index contributed by atoms with van der Waals surface area (Å²) in [5, 5.41) is 11.0. The molecule has 3 aromatic rings. The van der Waals surface area contributed by atoms with Crippen LogP contribution in [0.2, 0.25) is 0 Å². The second-order valence-corrected chi connectivity index (χ2v) is 5.87. The Morgan fingerprint density at radius 1 is 1.33 bits per heavy atom. The fraction of sp³-hybridized carbons (Fsp3) is 0.312. The zero-order valence-corrected chi connectivity index (χ0v) is 13.3. The van der Waals surface area contributed by atoms with E-state index in [1.165, 1.54) is 0 Å². The van der Waals surface area contributed by atoms with Gasteiger partial charge >= 0.3 is 0 Å². The van der Waals surface area contributed by atoms with Gasteiger partial charge in [-0.15, -0.1) is 5.10 Å². The first kappa shape index (κ1) is 14.6. The summed E-state index contributed by atoms with van der Waals surface area (Å²) in [5.41, 5.74) is 1.78. The van der Waals surface area contributed by atoms with E-state index in [2.05, 4.69) is 30.5 Å². The molecule has 1 saturated heterocycles. The first-order valence-corrected chi connectivity index (χ1v) is 7.83. The van der Waals surface area contributed by atoms with Crippen molar-refractivity contribution in [3.63, 3.8) is 0 Å². The van der Waals surface area contributed by atoms with E-state index in [4.69, 9.17) is 0 Å². The minimum atomic E-state index is -0.136. The van der Waals surface area contributed by atoms with Crippen molar-refractivity contribution < 1.29 is 4.79 Å². The number of aryl methyl sites for hydroxylation is 1. The van der Waals surface area contributed by atoms with Gasteiger partial charge in [0, 0.05) is 38.6 Å². The molecule has 4 heterocycles. The highest BCUT2D eigenvalue weighted by molar-refractivity contribution is 5.96. The van der Waals surface area contributed by atoms with Crippen molar-refractivity contribution in [2.75, 3.05) is 18.0 Å². The highest BCUT2D eigenvalue weighted by Gasteiger charge is 2.25. The van der Waals surface area contributed by atoms with Gasteiger partial charge in [-0.1, -0.05) is 11.3 Å². The Morgan fingerprint density at radius 3 is 3.08 bits per heavy atom. The predicted octanol–water partition coefficient (Wildman–Crippen LogP) is 0.767. The number of amides is 1. The summed E-state index contributed by atoms with van der Waals surface area (Å²) in [5.74, 6) is 0.805. The number of rotatable bonds is 3. The van der Waals surface area contributed by atoms with E-state index in [1.807, 2.05) is 18.2 Å². The van der Waals surface area contributed by atoms with Crippen LogP contribution in [0.1, 0.15) is 16.8 Å². The predicted molar refractivity (Wildman–Crippen MR) is 88.6 cm³/mol. The van der Waals surface area contributed by atoms with Crippen LogP contribution in [0, 0.1) is 0 Å². The molecule has 8 heteroatoms. The van der Waals surface area contributed by atoms with Crippen molar-refractivity contribution >= 4 is 22.9 Å². The quantitative estimate of drug-likeness (QED) is 0.766. The molecular weight excluding hydrogens is 306 g/mol. The van der Waals surface area contributed by atoms with E-state index in [-0.39, 0.29) is 11.9 Å². The smallest absolute Gasteiger partial charge is 0.253 e. The van der Waals surface area contributed by atoms with Gasteiger partial charge in [-0.3, -0.25) is 4.79 Å². The van der Waals surface area contributed by atoms with Crippen molar-refractivity contribution in [3.8, 4) is 0 Å². The molecular formula is C16H17N7O. The lowest BCUT2D eigenvalue weighted by atomic mass is 10.2.